The van der Waals surface area contributed by atoms with E-state index < -0.39 is 5.97 Å². The maximum atomic E-state index is 12.3. The Balaban J connectivity index is 1.75. The number of H-pyrrole nitrogens is 1. The third-order valence-electron chi connectivity index (χ3n) is 3.64. The number of rotatable bonds is 4. The lowest BCUT2D eigenvalue weighted by molar-refractivity contribution is 0.0605. The van der Waals surface area contributed by atoms with Crippen LogP contribution in [0.4, 0.5) is 0 Å². The molecule has 1 aromatic carbocycles. The van der Waals surface area contributed by atoms with Crippen molar-refractivity contribution in [2.45, 2.75) is 13.5 Å². The van der Waals surface area contributed by atoms with Crippen molar-refractivity contribution >= 4 is 34.1 Å². The summed E-state index contributed by atoms with van der Waals surface area (Å²) >= 11 is 1.15. The summed E-state index contributed by atoms with van der Waals surface area (Å²) in [5, 5.41) is 3.99. The average Bonchev–Trinajstić information content (AvgIpc) is 3.18. The van der Waals surface area contributed by atoms with Crippen molar-refractivity contribution in [3.05, 3.63) is 57.4 Å². The Kier molecular flexibility index (Phi) is 4.16. The lowest BCUT2D eigenvalue weighted by Crippen LogP contribution is -2.21. The van der Waals surface area contributed by atoms with Crippen molar-refractivity contribution in [3.63, 3.8) is 0 Å². The van der Waals surface area contributed by atoms with Gasteiger partial charge in [0.15, 0.2) is 0 Å². The summed E-state index contributed by atoms with van der Waals surface area (Å²) in [6, 6.07) is 9.62. The van der Waals surface area contributed by atoms with Gasteiger partial charge in [-0.3, -0.25) is 4.79 Å². The molecule has 1 amide bonds. The molecule has 0 saturated carbocycles. The predicted molar refractivity (Wildman–Crippen MR) is 89.9 cm³/mol. The minimum atomic E-state index is -0.413. The summed E-state index contributed by atoms with van der Waals surface area (Å²) in [6.07, 6.45) is 1.88. The normalized spacial score (nSPS) is 10.7. The van der Waals surface area contributed by atoms with Crippen LogP contribution in [-0.2, 0) is 11.3 Å². The molecule has 2 aromatic heterocycles. The zero-order chi connectivity index (χ0) is 16.4. The molecule has 0 aliphatic carbocycles. The molecule has 0 spiro atoms. The van der Waals surface area contributed by atoms with Gasteiger partial charge >= 0.3 is 5.97 Å². The minimum absolute atomic E-state index is 0.194. The number of ether oxygens (including phenoxy) is 1. The molecule has 0 unspecified atom stereocenters. The van der Waals surface area contributed by atoms with Crippen molar-refractivity contribution in [2.75, 3.05) is 7.11 Å². The summed E-state index contributed by atoms with van der Waals surface area (Å²) in [5.41, 5.74) is 2.83. The van der Waals surface area contributed by atoms with Crippen LogP contribution in [-0.4, -0.2) is 24.0 Å². The second-order valence-corrected chi connectivity index (χ2v) is 6.21. The lowest BCUT2D eigenvalue weighted by atomic mass is 10.1. The van der Waals surface area contributed by atoms with E-state index in [-0.39, 0.29) is 5.91 Å². The number of hydrogen-bond acceptors (Lipinski definition) is 4. The maximum Gasteiger partial charge on any atom is 0.348 e. The number of aryl methyl sites for hydroxylation is 1. The van der Waals surface area contributed by atoms with Gasteiger partial charge in [0.2, 0.25) is 0 Å². The Labute approximate surface area is 137 Å². The summed E-state index contributed by atoms with van der Waals surface area (Å²) < 4.78 is 4.72. The molecule has 0 saturated heterocycles. The standard InChI is InChI=1S/C17H16N2O3S/c1-10-8-14(23-15(10)17(21)22-2)16(20)19-9-11-4-3-5-13-12(11)6-7-18-13/h3-8,18H,9H2,1-2H3,(H,19,20). The minimum Gasteiger partial charge on any atom is -0.465 e. The zero-order valence-electron chi connectivity index (χ0n) is 12.8. The number of hydrogen-bond donors (Lipinski definition) is 2. The molecule has 0 fully saturated rings. The molecular formula is C17H16N2O3S. The van der Waals surface area contributed by atoms with Crippen molar-refractivity contribution < 1.29 is 14.3 Å². The van der Waals surface area contributed by atoms with E-state index in [1.165, 1.54) is 7.11 Å². The van der Waals surface area contributed by atoms with Gasteiger partial charge in [-0.1, -0.05) is 12.1 Å². The van der Waals surface area contributed by atoms with Gasteiger partial charge in [-0.15, -0.1) is 11.3 Å². The van der Waals surface area contributed by atoms with E-state index in [2.05, 4.69) is 10.3 Å². The molecule has 23 heavy (non-hydrogen) atoms. The molecule has 118 valence electrons. The Hall–Kier alpha value is -2.60. The third-order valence-corrected chi connectivity index (χ3v) is 4.85. The quantitative estimate of drug-likeness (QED) is 0.722. The predicted octanol–water partition coefficient (Wildman–Crippen LogP) is 3.25. The number of esters is 1. The molecular weight excluding hydrogens is 312 g/mol. The molecule has 0 radical (unpaired) electrons. The largest absolute Gasteiger partial charge is 0.465 e. The van der Waals surface area contributed by atoms with Gasteiger partial charge < -0.3 is 15.0 Å². The van der Waals surface area contributed by atoms with Gasteiger partial charge in [0.05, 0.1) is 12.0 Å². The first-order valence-corrected chi connectivity index (χ1v) is 7.93. The van der Waals surface area contributed by atoms with Crippen LogP contribution in [0.15, 0.2) is 36.5 Å². The van der Waals surface area contributed by atoms with Crippen molar-refractivity contribution in [3.8, 4) is 0 Å². The molecule has 5 nitrogen and oxygen atoms in total. The fraction of sp³-hybridized carbons (Fsp3) is 0.176. The first-order valence-electron chi connectivity index (χ1n) is 7.12. The number of fused-ring (bicyclic) bond motifs is 1. The zero-order valence-corrected chi connectivity index (χ0v) is 13.6. The number of thiophene rings is 1. The second-order valence-electron chi connectivity index (χ2n) is 5.15. The number of carbonyl (C=O) groups is 2. The second kappa shape index (κ2) is 6.26. The van der Waals surface area contributed by atoms with Crippen LogP contribution in [0.3, 0.4) is 0 Å². The first-order chi connectivity index (χ1) is 11.1. The SMILES string of the molecule is COC(=O)c1sc(C(=O)NCc2cccc3[nH]ccc23)cc1C. The lowest BCUT2D eigenvalue weighted by Gasteiger charge is -2.05. The van der Waals surface area contributed by atoms with Crippen LogP contribution in [0, 0.1) is 6.92 Å². The molecule has 6 heteroatoms. The highest BCUT2D eigenvalue weighted by Gasteiger charge is 2.17. The van der Waals surface area contributed by atoms with Gasteiger partial charge in [0.1, 0.15) is 4.88 Å². The number of methoxy groups -OCH3 is 1. The number of amides is 1. The average molecular weight is 328 g/mol. The van der Waals surface area contributed by atoms with Crippen LogP contribution in [0.1, 0.15) is 30.5 Å². The van der Waals surface area contributed by atoms with Crippen molar-refractivity contribution in [1.29, 1.82) is 0 Å². The molecule has 3 rings (SSSR count). The maximum absolute atomic E-state index is 12.3. The third kappa shape index (κ3) is 2.98. The molecule has 3 aromatic rings. The van der Waals surface area contributed by atoms with E-state index in [4.69, 9.17) is 4.74 Å². The number of aromatic amines is 1. The molecule has 0 aliphatic rings. The van der Waals surface area contributed by atoms with Crippen LogP contribution in [0.2, 0.25) is 0 Å². The highest BCUT2D eigenvalue weighted by atomic mass is 32.1. The van der Waals surface area contributed by atoms with Crippen LogP contribution in [0.5, 0.6) is 0 Å². The summed E-state index contributed by atoms with van der Waals surface area (Å²) in [7, 11) is 1.33. The van der Waals surface area contributed by atoms with Gasteiger partial charge in [0.25, 0.3) is 5.91 Å². The summed E-state index contributed by atoms with van der Waals surface area (Å²) in [4.78, 5) is 28.0. The molecule has 2 heterocycles. The van der Waals surface area contributed by atoms with E-state index >= 15 is 0 Å². The van der Waals surface area contributed by atoms with E-state index in [9.17, 15) is 9.59 Å². The Bertz CT molecular complexity index is 879. The highest BCUT2D eigenvalue weighted by molar-refractivity contribution is 7.16. The number of benzene rings is 1. The Morgan fingerprint density at radius 2 is 2.13 bits per heavy atom. The summed E-state index contributed by atoms with van der Waals surface area (Å²) in [5.74, 6) is -0.607. The molecule has 0 aliphatic heterocycles. The first kappa shape index (κ1) is 15.3. The Morgan fingerprint density at radius 3 is 2.91 bits per heavy atom. The summed E-state index contributed by atoms with van der Waals surface area (Å²) in [6.45, 7) is 2.22. The van der Waals surface area contributed by atoms with E-state index in [0.29, 0.717) is 16.3 Å². The molecule has 2 N–H and O–H groups in total. The van der Waals surface area contributed by atoms with Gasteiger partial charge in [-0.05, 0) is 36.2 Å². The van der Waals surface area contributed by atoms with Crippen molar-refractivity contribution in [2.24, 2.45) is 0 Å². The van der Waals surface area contributed by atoms with Crippen LogP contribution in [0.25, 0.3) is 10.9 Å². The van der Waals surface area contributed by atoms with Gasteiger partial charge in [-0.25, -0.2) is 4.79 Å². The highest BCUT2D eigenvalue weighted by Crippen LogP contribution is 2.23. The monoisotopic (exact) mass is 328 g/mol. The fourth-order valence-electron chi connectivity index (χ4n) is 2.46. The fourth-order valence-corrected chi connectivity index (χ4v) is 3.46. The number of carbonyl (C=O) groups excluding carboxylic acids is 2. The van der Waals surface area contributed by atoms with E-state index in [0.717, 1.165) is 33.4 Å². The van der Waals surface area contributed by atoms with E-state index in [1.807, 2.05) is 30.5 Å². The Morgan fingerprint density at radius 1 is 1.30 bits per heavy atom. The topological polar surface area (TPSA) is 71.2 Å². The smallest absolute Gasteiger partial charge is 0.348 e. The number of nitrogens with one attached hydrogen (secondary N) is 2. The van der Waals surface area contributed by atoms with Crippen LogP contribution < -0.4 is 5.32 Å². The van der Waals surface area contributed by atoms with Gasteiger partial charge in [-0.2, -0.15) is 0 Å². The van der Waals surface area contributed by atoms with Crippen molar-refractivity contribution in [1.82, 2.24) is 10.3 Å². The number of aromatic nitrogens is 1. The molecule has 0 atom stereocenters. The van der Waals surface area contributed by atoms with Gasteiger partial charge in [0, 0.05) is 23.6 Å². The van der Waals surface area contributed by atoms with Crippen LogP contribution >= 0.6 is 11.3 Å². The molecule has 0 bridgehead atoms. The van der Waals surface area contributed by atoms with E-state index in [1.54, 1.807) is 13.0 Å².